The van der Waals surface area contributed by atoms with Gasteiger partial charge in [0.25, 0.3) is 5.91 Å². The van der Waals surface area contributed by atoms with E-state index in [2.05, 4.69) is 41.7 Å². The fourth-order valence-electron chi connectivity index (χ4n) is 3.97. The molecule has 19 heteroatoms. The number of carbonyl (C=O) groups is 5. The Balaban J connectivity index is 1.73. The maximum atomic E-state index is 13.6. The van der Waals surface area contributed by atoms with E-state index in [1.807, 2.05) is 0 Å². The van der Waals surface area contributed by atoms with Crippen molar-refractivity contribution in [3.05, 3.63) is 23.0 Å². The van der Waals surface area contributed by atoms with E-state index < -0.39 is 64.5 Å². The van der Waals surface area contributed by atoms with Crippen LogP contribution in [0.1, 0.15) is 87.5 Å². The first-order valence-electron chi connectivity index (χ1n) is 15.8. The zero-order chi connectivity index (χ0) is 37.7. The summed E-state index contributed by atoms with van der Waals surface area (Å²) in [6.07, 6.45) is 0.580. The Hall–Kier alpha value is -4.81. The number of alkyl carbamates (subject to hydrolysis) is 1. The van der Waals surface area contributed by atoms with Gasteiger partial charge < -0.3 is 35.0 Å². The van der Waals surface area contributed by atoms with E-state index in [1.54, 1.807) is 68.5 Å². The molecule has 0 aromatic carbocycles. The van der Waals surface area contributed by atoms with Crippen LogP contribution in [0.2, 0.25) is 0 Å². The van der Waals surface area contributed by atoms with E-state index in [0.717, 1.165) is 11.3 Å². The lowest BCUT2D eigenvalue weighted by atomic mass is 9.94. The average Bonchev–Trinajstić information content (AvgIpc) is 3.58. The number of rotatable bonds is 12. The van der Waals surface area contributed by atoms with Crippen molar-refractivity contribution in [2.45, 2.75) is 124 Å². The maximum Gasteiger partial charge on any atom is 0.413 e. The van der Waals surface area contributed by atoms with Gasteiger partial charge in [0.2, 0.25) is 11.5 Å². The standard InChI is InChI=1S/C31H47N9O9S/c1-28(2,3)46-24(43)31(10,11)49-38-21(19-16-50-25(34-19)36-27(45)48-30(7,8)9)23(42)35-20-18(33-22(20)41)14-17-15-40(39-37-17)13-12-32-26(44)47-29(4,5)6/h15-16,18,20H,12-14H2,1-11H3,(H,32,44)(H,33,41)(H,35,42)(H,34,36,45)/t18-,20+/m1/s1. The molecule has 2 aromatic rings. The highest BCUT2D eigenvalue weighted by molar-refractivity contribution is 7.14. The quantitative estimate of drug-likeness (QED) is 0.0816. The molecule has 18 nitrogen and oxygen atoms in total. The van der Waals surface area contributed by atoms with Gasteiger partial charge in [0, 0.05) is 24.5 Å². The van der Waals surface area contributed by atoms with Crippen molar-refractivity contribution in [2.24, 2.45) is 5.16 Å². The van der Waals surface area contributed by atoms with Gasteiger partial charge in [0.05, 0.1) is 18.3 Å². The highest BCUT2D eigenvalue weighted by atomic mass is 32.1. The van der Waals surface area contributed by atoms with Gasteiger partial charge in [-0.1, -0.05) is 10.4 Å². The Bertz CT molecular complexity index is 1600. The number of aromatic nitrogens is 4. The van der Waals surface area contributed by atoms with E-state index in [9.17, 15) is 24.0 Å². The summed E-state index contributed by atoms with van der Waals surface area (Å²) in [7, 11) is 0. The summed E-state index contributed by atoms with van der Waals surface area (Å²) in [5, 5.41) is 24.2. The van der Waals surface area contributed by atoms with Crippen LogP contribution < -0.4 is 21.3 Å². The molecule has 3 heterocycles. The molecule has 0 unspecified atom stereocenters. The van der Waals surface area contributed by atoms with Crippen molar-refractivity contribution in [1.82, 2.24) is 35.9 Å². The number of carbonyl (C=O) groups excluding carboxylic acids is 5. The fraction of sp³-hybridized carbons (Fsp3) is 0.645. The van der Waals surface area contributed by atoms with Gasteiger partial charge in [-0.2, -0.15) is 0 Å². The van der Waals surface area contributed by atoms with Crippen LogP contribution in [0.15, 0.2) is 16.7 Å². The zero-order valence-corrected chi connectivity index (χ0v) is 31.1. The van der Waals surface area contributed by atoms with Gasteiger partial charge in [0.15, 0.2) is 10.8 Å². The number of β-lactam (4-membered cyclic amide) rings is 1. The van der Waals surface area contributed by atoms with Crippen LogP contribution in [-0.2, 0) is 46.4 Å². The normalized spacial score (nSPS) is 16.8. The van der Waals surface area contributed by atoms with E-state index in [1.165, 1.54) is 23.9 Å². The number of hydrogen-bond donors (Lipinski definition) is 4. The summed E-state index contributed by atoms with van der Waals surface area (Å²) >= 11 is 0.992. The van der Waals surface area contributed by atoms with E-state index >= 15 is 0 Å². The first kappa shape index (κ1) is 39.6. The molecule has 4 N–H and O–H groups in total. The SMILES string of the molecule is CC(C)(C)OC(=O)NCCn1cc(C[C@H]2NC(=O)[C@H]2NC(=O)C(=NOC(C)(C)C(=O)OC(C)(C)C)c2csc(NC(=O)OC(C)(C)C)n2)nn1. The van der Waals surface area contributed by atoms with E-state index in [0.29, 0.717) is 12.2 Å². The summed E-state index contributed by atoms with van der Waals surface area (Å²) in [5.74, 6) is -2.01. The molecule has 0 radical (unpaired) electrons. The molecule has 50 heavy (non-hydrogen) atoms. The largest absolute Gasteiger partial charge is 0.457 e. The lowest BCUT2D eigenvalue weighted by Gasteiger charge is -2.36. The van der Waals surface area contributed by atoms with Crippen LogP contribution in [0.25, 0.3) is 0 Å². The monoisotopic (exact) mass is 721 g/mol. The zero-order valence-electron chi connectivity index (χ0n) is 30.2. The molecule has 1 fully saturated rings. The van der Waals surface area contributed by atoms with Crippen molar-refractivity contribution in [1.29, 1.82) is 0 Å². The minimum Gasteiger partial charge on any atom is -0.457 e. The molecule has 0 saturated carbocycles. The smallest absolute Gasteiger partial charge is 0.413 e. The molecular weight excluding hydrogens is 674 g/mol. The number of ether oxygens (including phenoxy) is 3. The van der Waals surface area contributed by atoms with Crippen LogP contribution in [0.5, 0.6) is 0 Å². The van der Waals surface area contributed by atoms with Gasteiger partial charge in [-0.15, -0.1) is 16.4 Å². The molecular formula is C31H47N9O9S. The second-order valence-electron chi connectivity index (χ2n) is 14.9. The third-order valence-electron chi connectivity index (χ3n) is 6.15. The Kier molecular flexibility index (Phi) is 12.2. The first-order valence-corrected chi connectivity index (χ1v) is 16.7. The molecule has 2 aromatic heterocycles. The van der Waals surface area contributed by atoms with Gasteiger partial charge in [-0.05, 0) is 76.2 Å². The molecule has 276 valence electrons. The number of amides is 4. The molecule has 2 atom stereocenters. The van der Waals surface area contributed by atoms with Crippen LogP contribution in [0.3, 0.4) is 0 Å². The summed E-state index contributed by atoms with van der Waals surface area (Å²) in [6.45, 7) is 18.9. The van der Waals surface area contributed by atoms with Crippen LogP contribution in [0.4, 0.5) is 14.7 Å². The number of esters is 1. The number of anilines is 1. The number of hydrogen-bond acceptors (Lipinski definition) is 14. The molecule has 0 bridgehead atoms. The molecule has 1 aliphatic rings. The predicted octanol–water partition coefficient (Wildman–Crippen LogP) is 2.67. The van der Waals surface area contributed by atoms with Gasteiger partial charge in [-0.3, -0.25) is 19.6 Å². The van der Waals surface area contributed by atoms with Crippen molar-refractivity contribution in [3.63, 3.8) is 0 Å². The Morgan fingerprint density at radius 3 is 2.16 bits per heavy atom. The average molecular weight is 722 g/mol. The van der Waals surface area contributed by atoms with Crippen molar-refractivity contribution in [2.75, 3.05) is 11.9 Å². The minimum absolute atomic E-state index is 0.00207. The van der Waals surface area contributed by atoms with E-state index in [-0.39, 0.29) is 29.5 Å². The number of nitrogens with one attached hydrogen (secondary N) is 4. The Labute approximate surface area is 294 Å². The molecule has 4 amide bonds. The van der Waals surface area contributed by atoms with Crippen LogP contribution >= 0.6 is 11.3 Å². The fourth-order valence-corrected chi connectivity index (χ4v) is 4.65. The highest BCUT2D eigenvalue weighted by Gasteiger charge is 2.42. The summed E-state index contributed by atoms with van der Waals surface area (Å²) < 4.78 is 17.4. The third kappa shape index (κ3) is 12.6. The third-order valence-corrected chi connectivity index (χ3v) is 6.91. The minimum atomic E-state index is -1.61. The second-order valence-corrected chi connectivity index (χ2v) is 15.7. The van der Waals surface area contributed by atoms with E-state index in [4.69, 9.17) is 19.0 Å². The first-order chi connectivity index (χ1) is 22.9. The van der Waals surface area contributed by atoms with Gasteiger partial charge >= 0.3 is 18.2 Å². The molecule has 0 spiro atoms. The van der Waals surface area contributed by atoms with Crippen molar-refractivity contribution in [3.8, 4) is 0 Å². The summed E-state index contributed by atoms with van der Waals surface area (Å²) in [5.41, 5.74) is -3.65. The van der Waals surface area contributed by atoms with Crippen molar-refractivity contribution < 1.29 is 43.0 Å². The molecule has 1 saturated heterocycles. The van der Waals surface area contributed by atoms with Crippen LogP contribution in [0, 0.1) is 0 Å². The lowest BCUT2D eigenvalue weighted by molar-refractivity contribution is -0.179. The Morgan fingerprint density at radius 1 is 0.940 bits per heavy atom. The van der Waals surface area contributed by atoms with Crippen LogP contribution in [-0.4, -0.2) is 96.7 Å². The number of oxime groups is 1. The summed E-state index contributed by atoms with van der Waals surface area (Å²) in [6, 6.07) is -1.53. The molecule has 3 rings (SSSR count). The number of nitrogens with zero attached hydrogens (tertiary/aromatic N) is 5. The second kappa shape index (κ2) is 15.4. The van der Waals surface area contributed by atoms with Gasteiger partial charge in [0.1, 0.15) is 28.5 Å². The highest BCUT2D eigenvalue weighted by Crippen LogP contribution is 2.22. The summed E-state index contributed by atoms with van der Waals surface area (Å²) in [4.78, 5) is 73.0. The lowest BCUT2D eigenvalue weighted by Crippen LogP contribution is -2.70. The van der Waals surface area contributed by atoms with Gasteiger partial charge in [-0.25, -0.2) is 19.4 Å². The maximum absolute atomic E-state index is 13.6. The molecule has 1 aliphatic heterocycles. The van der Waals surface area contributed by atoms with Crippen molar-refractivity contribution >= 4 is 52.2 Å². The molecule has 0 aliphatic carbocycles. The number of thiazole rings is 1. The Morgan fingerprint density at radius 2 is 1.56 bits per heavy atom. The predicted molar refractivity (Wildman–Crippen MR) is 181 cm³/mol. The topological polar surface area (TPSA) is 226 Å².